The molecule has 0 aromatic carbocycles. The van der Waals surface area contributed by atoms with Crippen molar-refractivity contribution in [1.82, 2.24) is 0 Å². The van der Waals surface area contributed by atoms with Crippen molar-refractivity contribution in [1.29, 1.82) is 0 Å². The van der Waals surface area contributed by atoms with Gasteiger partial charge in [-0.25, -0.2) is 9.59 Å². The number of carboxylic acids is 2. The molecule has 0 aliphatic heterocycles. The number of carbonyl (C=O) groups is 2. The summed E-state index contributed by atoms with van der Waals surface area (Å²) in [7, 11) is 0. The third-order valence-electron chi connectivity index (χ3n) is 3.05. The highest BCUT2D eigenvalue weighted by atomic mass is 16.4. The van der Waals surface area contributed by atoms with Crippen molar-refractivity contribution in [3.8, 4) is 0 Å². The first-order valence-electron chi connectivity index (χ1n) is 7.12. The number of hydrogen-bond donors (Lipinski definition) is 10. The molecular weight excluding hydrogens is 360 g/mol. The van der Waals surface area contributed by atoms with Crippen LogP contribution in [0.5, 0.6) is 0 Å². The molecule has 0 saturated carbocycles. The Morgan fingerprint density at radius 3 is 0.692 bits per heavy atom. The average Bonchev–Trinajstić information content (AvgIpc) is 2.66. The fourth-order valence-electron chi connectivity index (χ4n) is 0.743. The predicted molar refractivity (Wildman–Crippen MR) is 86.0 cm³/mol. The van der Waals surface area contributed by atoms with E-state index in [2.05, 4.69) is 0 Å². The van der Waals surface area contributed by atoms with E-state index in [0.717, 1.165) is 0 Å². The van der Waals surface area contributed by atoms with Gasteiger partial charge in [0.1, 0.15) is 0 Å². The van der Waals surface area contributed by atoms with E-state index in [0.29, 0.717) is 12.2 Å². The summed E-state index contributed by atoms with van der Waals surface area (Å²) >= 11 is 0. The lowest BCUT2D eigenvalue weighted by Crippen LogP contribution is -2.37. The molecule has 0 fully saturated rings. The molecule has 0 unspecified atom stereocenters. The van der Waals surface area contributed by atoms with Crippen molar-refractivity contribution in [2.75, 3.05) is 52.9 Å². The molecule has 0 aliphatic rings. The number of aliphatic carboxylic acids is 2. The Kier molecular flexibility index (Phi) is 18.8. The molecule has 0 amide bonds. The van der Waals surface area contributed by atoms with E-state index in [9.17, 15) is 9.59 Å². The van der Waals surface area contributed by atoms with Crippen molar-refractivity contribution in [2.45, 2.75) is 0 Å². The van der Waals surface area contributed by atoms with Gasteiger partial charge in [0, 0.05) is 12.2 Å². The Balaban J connectivity index is -0.000000306. The molecule has 0 aliphatic carbocycles. The van der Waals surface area contributed by atoms with E-state index in [1.807, 2.05) is 0 Å². The van der Waals surface area contributed by atoms with Gasteiger partial charge < -0.3 is 51.1 Å². The van der Waals surface area contributed by atoms with Crippen LogP contribution in [0.4, 0.5) is 0 Å². The van der Waals surface area contributed by atoms with E-state index in [-0.39, 0.29) is 0 Å². The maximum absolute atomic E-state index is 9.55. The van der Waals surface area contributed by atoms with Crippen LogP contribution in [0.3, 0.4) is 0 Å². The largest absolute Gasteiger partial charge is 0.478 e. The van der Waals surface area contributed by atoms with Crippen LogP contribution < -0.4 is 0 Å². The lowest BCUT2D eigenvalue weighted by atomic mass is 9.93. The zero-order chi connectivity index (χ0) is 21.2. The fourth-order valence-corrected chi connectivity index (χ4v) is 0.743. The van der Waals surface area contributed by atoms with Crippen LogP contribution in [-0.2, 0) is 9.59 Å². The van der Waals surface area contributed by atoms with Gasteiger partial charge in [-0.2, -0.15) is 0 Å². The second-order valence-corrected chi connectivity index (χ2v) is 5.27. The molecule has 12 heteroatoms. The molecule has 0 radical (unpaired) electrons. The highest BCUT2D eigenvalue weighted by molar-refractivity contribution is 5.89. The van der Waals surface area contributed by atoms with E-state index >= 15 is 0 Å². The SMILES string of the molecule is O=C(O)/C=C\C(=O)O.OCC(CO)(CO)CO.OCC(CO)(CO)CO. The maximum atomic E-state index is 9.55. The number of carboxylic acid groups (broad SMARTS) is 2. The normalized spacial score (nSPS) is 11.2. The summed E-state index contributed by atoms with van der Waals surface area (Å²) in [5.41, 5.74) is -2.22. The number of rotatable bonds is 10. The maximum Gasteiger partial charge on any atom is 0.328 e. The van der Waals surface area contributed by atoms with Gasteiger partial charge in [0.15, 0.2) is 0 Å². The molecule has 0 bridgehead atoms. The molecular formula is C14H28O12. The van der Waals surface area contributed by atoms with Gasteiger partial charge in [-0.05, 0) is 0 Å². The zero-order valence-electron chi connectivity index (χ0n) is 14.1. The average molecular weight is 388 g/mol. The Morgan fingerprint density at radius 2 is 0.654 bits per heavy atom. The number of hydrogen-bond acceptors (Lipinski definition) is 10. The Hall–Kier alpha value is -1.64. The first-order chi connectivity index (χ1) is 12.1. The number of aliphatic hydroxyl groups is 8. The summed E-state index contributed by atoms with van der Waals surface area (Å²) in [6.07, 6.45) is 1.12. The quantitative estimate of drug-likeness (QED) is 0.160. The molecule has 0 rings (SSSR count). The van der Waals surface area contributed by atoms with Crippen LogP contribution in [-0.4, -0.2) is 116 Å². The molecule has 0 aromatic heterocycles. The van der Waals surface area contributed by atoms with Crippen molar-refractivity contribution in [3.05, 3.63) is 12.2 Å². The Labute approximate surface area is 149 Å². The van der Waals surface area contributed by atoms with Gasteiger partial charge in [-0.3, -0.25) is 0 Å². The van der Waals surface area contributed by atoms with E-state index in [1.165, 1.54) is 0 Å². The van der Waals surface area contributed by atoms with Gasteiger partial charge in [0.25, 0.3) is 0 Å². The van der Waals surface area contributed by atoms with Crippen LogP contribution in [0.25, 0.3) is 0 Å². The standard InChI is InChI=1S/2C5H12O4.C4H4O4/c2*6-1-5(2-7,3-8)4-9;5-3(6)1-2-4(7)8/h2*6-9H,1-4H2;1-2H,(H,5,6)(H,7,8)/b;;2-1-. The van der Waals surface area contributed by atoms with Crippen molar-refractivity contribution in [2.24, 2.45) is 10.8 Å². The van der Waals surface area contributed by atoms with Crippen LogP contribution >= 0.6 is 0 Å². The van der Waals surface area contributed by atoms with Crippen molar-refractivity contribution >= 4 is 11.9 Å². The van der Waals surface area contributed by atoms with Crippen molar-refractivity contribution < 1.29 is 60.7 Å². The summed E-state index contributed by atoms with van der Waals surface area (Å²) < 4.78 is 0. The van der Waals surface area contributed by atoms with Crippen LogP contribution in [0.2, 0.25) is 0 Å². The monoisotopic (exact) mass is 388 g/mol. The summed E-state index contributed by atoms with van der Waals surface area (Å²) in [5, 5.41) is 83.6. The van der Waals surface area contributed by atoms with Crippen LogP contribution in [0.15, 0.2) is 12.2 Å². The summed E-state index contributed by atoms with van der Waals surface area (Å²) in [6.45, 7) is -3.25. The topological polar surface area (TPSA) is 236 Å². The van der Waals surface area contributed by atoms with Crippen LogP contribution in [0.1, 0.15) is 0 Å². The summed E-state index contributed by atoms with van der Waals surface area (Å²) in [5.74, 6) is -2.51. The molecule has 12 nitrogen and oxygen atoms in total. The molecule has 0 atom stereocenters. The minimum Gasteiger partial charge on any atom is -0.478 e. The fraction of sp³-hybridized carbons (Fsp3) is 0.714. The van der Waals surface area contributed by atoms with Crippen molar-refractivity contribution in [3.63, 3.8) is 0 Å². The molecule has 0 aromatic rings. The van der Waals surface area contributed by atoms with Gasteiger partial charge in [-0.1, -0.05) is 0 Å². The molecule has 0 saturated heterocycles. The summed E-state index contributed by atoms with van der Waals surface area (Å²) in [4.78, 5) is 19.1. The van der Waals surface area contributed by atoms with Gasteiger partial charge in [-0.15, -0.1) is 0 Å². The molecule has 10 N–H and O–H groups in total. The number of aliphatic hydroxyl groups excluding tert-OH is 8. The predicted octanol–water partition coefficient (Wildman–Crippen LogP) is -4.40. The molecule has 0 heterocycles. The second-order valence-electron chi connectivity index (χ2n) is 5.27. The highest BCUT2D eigenvalue weighted by Crippen LogP contribution is 2.12. The Morgan fingerprint density at radius 1 is 0.500 bits per heavy atom. The highest BCUT2D eigenvalue weighted by Gasteiger charge is 2.27. The van der Waals surface area contributed by atoms with Crippen LogP contribution in [0, 0.1) is 10.8 Å². The lowest BCUT2D eigenvalue weighted by Gasteiger charge is -2.23. The molecule has 26 heavy (non-hydrogen) atoms. The first kappa shape index (κ1) is 29.1. The molecule has 156 valence electrons. The summed E-state index contributed by atoms with van der Waals surface area (Å²) in [6, 6.07) is 0. The third kappa shape index (κ3) is 13.6. The lowest BCUT2D eigenvalue weighted by molar-refractivity contribution is -0.134. The Bertz CT molecular complexity index is 316. The van der Waals surface area contributed by atoms with E-state index in [4.69, 9.17) is 51.1 Å². The van der Waals surface area contributed by atoms with Gasteiger partial charge >= 0.3 is 11.9 Å². The first-order valence-corrected chi connectivity index (χ1v) is 7.12. The third-order valence-corrected chi connectivity index (χ3v) is 3.05. The van der Waals surface area contributed by atoms with E-state index < -0.39 is 75.6 Å². The smallest absolute Gasteiger partial charge is 0.328 e. The molecule has 0 spiro atoms. The van der Waals surface area contributed by atoms with Gasteiger partial charge in [0.05, 0.1) is 63.7 Å². The minimum absolute atomic E-state index is 0.406. The van der Waals surface area contributed by atoms with E-state index in [1.54, 1.807) is 0 Å². The van der Waals surface area contributed by atoms with Gasteiger partial charge in [0.2, 0.25) is 0 Å². The minimum atomic E-state index is -1.26. The second kappa shape index (κ2) is 16.8. The zero-order valence-corrected chi connectivity index (χ0v) is 14.1.